The lowest BCUT2D eigenvalue weighted by Crippen LogP contribution is -2.57. The van der Waals surface area contributed by atoms with Crippen LogP contribution in [0.25, 0.3) is 0 Å². The van der Waals surface area contributed by atoms with Crippen LogP contribution in [0.5, 0.6) is 0 Å². The molecule has 3 nitrogen and oxygen atoms in total. The summed E-state index contributed by atoms with van der Waals surface area (Å²) < 4.78 is 5.44. The summed E-state index contributed by atoms with van der Waals surface area (Å²) in [6, 6.07) is 0. The molecule has 1 saturated carbocycles. The van der Waals surface area contributed by atoms with E-state index in [1.165, 1.54) is 0 Å². The molecule has 0 radical (unpaired) electrons. The van der Waals surface area contributed by atoms with E-state index in [2.05, 4.69) is 13.8 Å². The third-order valence-electron chi connectivity index (χ3n) is 3.16. The number of ether oxygens (including phenoxy) is 1. The zero-order valence-corrected chi connectivity index (χ0v) is 11.5. The van der Waals surface area contributed by atoms with Crippen molar-refractivity contribution in [2.45, 2.75) is 65.5 Å². The third kappa shape index (κ3) is 2.89. The van der Waals surface area contributed by atoms with E-state index in [1.807, 2.05) is 32.6 Å². The second-order valence-corrected chi connectivity index (χ2v) is 6.23. The quantitative estimate of drug-likeness (QED) is 0.723. The van der Waals surface area contributed by atoms with Crippen molar-refractivity contribution in [2.75, 3.05) is 6.54 Å². The Morgan fingerprint density at radius 1 is 1.44 bits per heavy atom. The summed E-state index contributed by atoms with van der Waals surface area (Å²) in [5, 5.41) is 0. The number of amides is 1. The van der Waals surface area contributed by atoms with Crippen LogP contribution in [0.1, 0.15) is 54.4 Å². The molecule has 0 aliphatic heterocycles. The molecule has 0 aromatic rings. The summed E-state index contributed by atoms with van der Waals surface area (Å²) in [4.78, 5) is 13.9. The van der Waals surface area contributed by atoms with E-state index in [4.69, 9.17) is 4.74 Å². The van der Waals surface area contributed by atoms with E-state index in [1.54, 1.807) is 0 Å². The Kier molecular flexibility index (Phi) is 3.56. The van der Waals surface area contributed by atoms with Crippen molar-refractivity contribution in [1.82, 2.24) is 4.90 Å². The second-order valence-electron chi connectivity index (χ2n) is 6.23. The maximum atomic E-state index is 12.0. The van der Waals surface area contributed by atoms with Crippen LogP contribution in [0.4, 0.5) is 4.79 Å². The molecule has 0 aromatic carbocycles. The van der Waals surface area contributed by atoms with Crippen molar-refractivity contribution in [2.24, 2.45) is 5.92 Å². The minimum absolute atomic E-state index is 0.0104. The number of hydrogen-bond donors (Lipinski definition) is 0. The van der Waals surface area contributed by atoms with Gasteiger partial charge in [-0.05, 0) is 53.4 Å². The largest absolute Gasteiger partial charge is 0.444 e. The molecule has 1 fully saturated rings. The monoisotopic (exact) mass is 227 g/mol. The van der Waals surface area contributed by atoms with Crippen LogP contribution in [0.3, 0.4) is 0 Å². The van der Waals surface area contributed by atoms with Gasteiger partial charge in [-0.25, -0.2) is 4.79 Å². The topological polar surface area (TPSA) is 29.5 Å². The van der Waals surface area contributed by atoms with Crippen LogP contribution in [-0.2, 0) is 4.74 Å². The molecule has 0 spiro atoms. The van der Waals surface area contributed by atoms with E-state index in [9.17, 15) is 4.79 Å². The minimum Gasteiger partial charge on any atom is -0.444 e. The van der Waals surface area contributed by atoms with Gasteiger partial charge in [-0.15, -0.1) is 0 Å². The van der Waals surface area contributed by atoms with Gasteiger partial charge >= 0.3 is 6.09 Å². The Morgan fingerprint density at radius 2 is 1.94 bits per heavy atom. The minimum atomic E-state index is -0.407. The van der Waals surface area contributed by atoms with Crippen molar-refractivity contribution in [3.8, 4) is 0 Å². The van der Waals surface area contributed by atoms with Crippen LogP contribution in [0, 0.1) is 5.92 Å². The lowest BCUT2D eigenvalue weighted by Gasteiger charge is -2.51. The molecule has 0 unspecified atom stereocenters. The first-order chi connectivity index (χ1) is 7.18. The van der Waals surface area contributed by atoms with Crippen molar-refractivity contribution in [3.63, 3.8) is 0 Å². The van der Waals surface area contributed by atoms with Gasteiger partial charge in [-0.3, -0.25) is 0 Å². The van der Waals surface area contributed by atoms with Crippen molar-refractivity contribution in [3.05, 3.63) is 0 Å². The first-order valence-electron chi connectivity index (χ1n) is 6.18. The summed E-state index contributed by atoms with van der Waals surface area (Å²) in [6.45, 7) is 12.8. The van der Waals surface area contributed by atoms with Crippen LogP contribution in [0.15, 0.2) is 0 Å². The van der Waals surface area contributed by atoms with E-state index >= 15 is 0 Å². The fourth-order valence-electron chi connectivity index (χ4n) is 2.71. The van der Waals surface area contributed by atoms with Gasteiger partial charge in [0.05, 0.1) is 0 Å². The molecular formula is C13H25NO2. The highest BCUT2D eigenvalue weighted by atomic mass is 16.6. The molecule has 0 bridgehead atoms. The van der Waals surface area contributed by atoms with Crippen molar-refractivity contribution < 1.29 is 9.53 Å². The van der Waals surface area contributed by atoms with Gasteiger partial charge in [0.1, 0.15) is 5.60 Å². The zero-order chi connectivity index (χ0) is 12.6. The fraction of sp³-hybridized carbons (Fsp3) is 0.923. The van der Waals surface area contributed by atoms with Gasteiger partial charge in [0.25, 0.3) is 0 Å². The summed E-state index contributed by atoms with van der Waals surface area (Å²) in [5.41, 5.74) is -0.396. The summed E-state index contributed by atoms with van der Waals surface area (Å²) in [5.74, 6) is 0.724. The maximum absolute atomic E-state index is 12.0. The summed E-state index contributed by atoms with van der Waals surface area (Å²) in [7, 11) is 0. The highest BCUT2D eigenvalue weighted by molar-refractivity contribution is 5.69. The Balaban J connectivity index is 2.65. The van der Waals surface area contributed by atoms with Gasteiger partial charge in [0.15, 0.2) is 0 Å². The smallest absolute Gasteiger partial charge is 0.410 e. The highest BCUT2D eigenvalue weighted by Gasteiger charge is 2.45. The summed E-state index contributed by atoms with van der Waals surface area (Å²) >= 11 is 0. The van der Waals surface area contributed by atoms with Gasteiger partial charge in [-0.1, -0.05) is 6.92 Å². The Labute approximate surface area is 99.1 Å². The van der Waals surface area contributed by atoms with Gasteiger partial charge in [0, 0.05) is 12.1 Å². The Hall–Kier alpha value is -0.730. The van der Waals surface area contributed by atoms with Crippen LogP contribution in [0.2, 0.25) is 0 Å². The van der Waals surface area contributed by atoms with E-state index in [0.29, 0.717) is 0 Å². The molecule has 0 aromatic heterocycles. The first kappa shape index (κ1) is 13.3. The predicted molar refractivity (Wildman–Crippen MR) is 65.4 cm³/mol. The average molecular weight is 227 g/mol. The van der Waals surface area contributed by atoms with Gasteiger partial charge < -0.3 is 9.64 Å². The molecule has 3 heteroatoms. The summed E-state index contributed by atoms with van der Waals surface area (Å²) in [6.07, 6.45) is 1.99. The Morgan fingerprint density at radius 3 is 2.25 bits per heavy atom. The van der Waals surface area contributed by atoms with Crippen molar-refractivity contribution in [1.29, 1.82) is 0 Å². The Bertz CT molecular complexity index is 262. The molecule has 16 heavy (non-hydrogen) atoms. The highest BCUT2D eigenvalue weighted by Crippen LogP contribution is 2.42. The number of carbonyl (C=O) groups is 1. The molecular weight excluding hydrogens is 202 g/mol. The molecule has 1 rings (SSSR count). The average Bonchev–Trinajstić information content (AvgIpc) is 1.98. The van der Waals surface area contributed by atoms with Crippen LogP contribution < -0.4 is 0 Å². The van der Waals surface area contributed by atoms with Crippen LogP contribution >= 0.6 is 0 Å². The normalized spacial score (nSPS) is 29.5. The predicted octanol–water partition coefficient (Wildman–Crippen LogP) is 3.43. The number of carbonyl (C=O) groups excluding carboxylic acids is 1. The zero-order valence-electron chi connectivity index (χ0n) is 11.5. The SMILES string of the molecule is CCN(C(=O)OC(C)(C)C)[C@]1(C)C[C@@H](C)C1. The molecule has 0 heterocycles. The third-order valence-corrected chi connectivity index (χ3v) is 3.16. The first-order valence-corrected chi connectivity index (χ1v) is 6.18. The molecule has 0 atom stereocenters. The van der Waals surface area contributed by atoms with E-state index < -0.39 is 5.60 Å². The molecule has 0 saturated heterocycles. The molecule has 94 valence electrons. The molecule has 0 N–H and O–H groups in total. The number of nitrogens with zero attached hydrogens (tertiary/aromatic N) is 1. The van der Waals surface area contributed by atoms with E-state index in [0.717, 1.165) is 25.3 Å². The van der Waals surface area contributed by atoms with Crippen LogP contribution in [-0.4, -0.2) is 28.7 Å². The maximum Gasteiger partial charge on any atom is 0.410 e. The number of rotatable bonds is 2. The lowest BCUT2D eigenvalue weighted by atomic mass is 9.69. The molecule has 1 aliphatic carbocycles. The standard InChI is InChI=1S/C13H25NO2/c1-7-14(11(15)16-12(3,4)5)13(6)8-10(2)9-13/h10H,7-9H2,1-6H3/t10-,13-. The second kappa shape index (κ2) is 4.27. The van der Waals surface area contributed by atoms with Gasteiger partial charge in [0.2, 0.25) is 0 Å². The molecule has 1 aliphatic rings. The lowest BCUT2D eigenvalue weighted by molar-refractivity contribution is -0.0332. The van der Waals surface area contributed by atoms with E-state index in [-0.39, 0.29) is 11.6 Å². The fourth-order valence-corrected chi connectivity index (χ4v) is 2.71. The molecule has 1 amide bonds. The number of hydrogen-bond acceptors (Lipinski definition) is 2. The van der Waals surface area contributed by atoms with Crippen molar-refractivity contribution >= 4 is 6.09 Å². The van der Waals surface area contributed by atoms with Gasteiger partial charge in [-0.2, -0.15) is 0 Å².